The maximum absolute atomic E-state index is 12.9. The Morgan fingerprint density at radius 1 is 0.939 bits per heavy atom. The van der Waals surface area contributed by atoms with Gasteiger partial charge in [0.15, 0.2) is 11.5 Å². The number of amides is 2. The lowest BCUT2D eigenvalue weighted by Crippen LogP contribution is -2.32. The summed E-state index contributed by atoms with van der Waals surface area (Å²) in [6, 6.07) is 21.0. The summed E-state index contributed by atoms with van der Waals surface area (Å²) >= 11 is 0. The van der Waals surface area contributed by atoms with Gasteiger partial charge in [0.2, 0.25) is 6.79 Å². The molecule has 1 heterocycles. The van der Waals surface area contributed by atoms with E-state index in [0.29, 0.717) is 28.4 Å². The van der Waals surface area contributed by atoms with Crippen LogP contribution in [0.15, 0.2) is 83.6 Å². The highest BCUT2D eigenvalue weighted by Gasteiger charge is 2.16. The number of benzene rings is 3. The quantitative estimate of drug-likeness (QED) is 0.332. The Kier molecular flexibility index (Phi) is 6.65. The molecular formula is C25H21N3O5. The number of nitrogens with one attached hydrogen (secondary N) is 2. The van der Waals surface area contributed by atoms with Crippen LogP contribution in [0.1, 0.15) is 21.5 Å². The van der Waals surface area contributed by atoms with E-state index in [1.807, 2.05) is 12.1 Å². The molecule has 2 N–H and O–H groups in total. The van der Waals surface area contributed by atoms with Crippen molar-refractivity contribution < 1.29 is 23.8 Å². The van der Waals surface area contributed by atoms with Crippen molar-refractivity contribution in [2.24, 2.45) is 5.10 Å². The van der Waals surface area contributed by atoms with E-state index in [2.05, 4.69) is 15.8 Å². The predicted molar refractivity (Wildman–Crippen MR) is 123 cm³/mol. The first-order valence-electron chi connectivity index (χ1n) is 10.1. The van der Waals surface area contributed by atoms with Gasteiger partial charge in [-0.25, -0.2) is 5.43 Å². The normalized spacial score (nSPS) is 12.5. The maximum atomic E-state index is 12.9. The molecule has 0 unspecified atom stereocenters. The van der Waals surface area contributed by atoms with Crippen LogP contribution in [0.5, 0.6) is 17.2 Å². The minimum absolute atomic E-state index is 0.0190. The fraction of sp³-hybridized carbons (Fsp3) is 0.0800. The molecule has 0 fully saturated rings. The highest BCUT2D eigenvalue weighted by molar-refractivity contribution is 6.05. The van der Waals surface area contributed by atoms with E-state index in [9.17, 15) is 9.59 Å². The van der Waals surface area contributed by atoms with E-state index in [1.54, 1.807) is 73.8 Å². The molecule has 0 bridgehead atoms. The Balaban J connectivity index is 1.55. The van der Waals surface area contributed by atoms with E-state index in [0.717, 1.165) is 5.56 Å². The Hall–Kier alpha value is -4.59. The van der Waals surface area contributed by atoms with Crippen LogP contribution in [0, 0.1) is 0 Å². The van der Waals surface area contributed by atoms with Gasteiger partial charge in [0.1, 0.15) is 11.4 Å². The summed E-state index contributed by atoms with van der Waals surface area (Å²) in [4.78, 5) is 25.5. The first kappa shape index (κ1) is 21.6. The molecule has 2 amide bonds. The van der Waals surface area contributed by atoms with Crippen molar-refractivity contribution in [2.45, 2.75) is 0 Å². The zero-order valence-electron chi connectivity index (χ0n) is 17.8. The first-order chi connectivity index (χ1) is 16.1. The van der Waals surface area contributed by atoms with E-state index < -0.39 is 11.8 Å². The van der Waals surface area contributed by atoms with Gasteiger partial charge in [0.05, 0.1) is 13.3 Å². The standard InChI is InChI=1S/C25H21N3O5/c1-31-20-9-5-6-18(12-20)15-26-28-25(30)21(27-24(29)19-7-3-2-4-8-19)13-17-10-11-22-23(14-17)33-16-32-22/h2-15H,16H2,1H3,(H,27,29)(H,28,30)/b21-13+,26-15-. The van der Waals surface area contributed by atoms with E-state index in [1.165, 1.54) is 6.21 Å². The average Bonchev–Trinajstić information content (AvgIpc) is 3.32. The van der Waals surface area contributed by atoms with Gasteiger partial charge in [-0.3, -0.25) is 9.59 Å². The monoisotopic (exact) mass is 443 g/mol. The van der Waals surface area contributed by atoms with Crippen LogP contribution >= 0.6 is 0 Å². The van der Waals surface area contributed by atoms with Crippen LogP contribution in [0.3, 0.4) is 0 Å². The second kappa shape index (κ2) is 10.1. The van der Waals surface area contributed by atoms with Crippen LogP contribution in [0.2, 0.25) is 0 Å². The average molecular weight is 443 g/mol. The summed E-state index contributed by atoms with van der Waals surface area (Å²) in [6.07, 6.45) is 3.02. The molecule has 0 atom stereocenters. The first-order valence-corrected chi connectivity index (χ1v) is 10.1. The zero-order chi connectivity index (χ0) is 23.0. The molecule has 0 aliphatic carbocycles. The highest BCUT2D eigenvalue weighted by Crippen LogP contribution is 2.33. The number of methoxy groups -OCH3 is 1. The predicted octanol–water partition coefficient (Wildman–Crippen LogP) is 3.35. The molecule has 33 heavy (non-hydrogen) atoms. The molecule has 8 heteroatoms. The van der Waals surface area contributed by atoms with Crippen LogP contribution in [0.4, 0.5) is 0 Å². The number of ether oxygens (including phenoxy) is 3. The second-order valence-corrected chi connectivity index (χ2v) is 6.97. The van der Waals surface area contributed by atoms with E-state index in [4.69, 9.17) is 14.2 Å². The molecule has 3 aromatic carbocycles. The minimum atomic E-state index is -0.587. The smallest absolute Gasteiger partial charge is 0.287 e. The lowest BCUT2D eigenvalue weighted by atomic mass is 10.1. The fourth-order valence-corrected chi connectivity index (χ4v) is 3.06. The molecule has 1 aliphatic rings. The number of carbonyl (C=O) groups is 2. The van der Waals surface area contributed by atoms with Gasteiger partial charge in [0.25, 0.3) is 11.8 Å². The Labute approximate surface area is 190 Å². The summed E-state index contributed by atoms with van der Waals surface area (Å²) in [5.41, 5.74) is 4.27. The lowest BCUT2D eigenvalue weighted by Gasteiger charge is -2.09. The highest BCUT2D eigenvalue weighted by atomic mass is 16.7. The number of hydrogen-bond donors (Lipinski definition) is 2. The van der Waals surface area contributed by atoms with Crippen molar-refractivity contribution in [1.82, 2.24) is 10.7 Å². The van der Waals surface area contributed by atoms with Crippen molar-refractivity contribution in [3.63, 3.8) is 0 Å². The summed E-state index contributed by atoms with van der Waals surface area (Å²) in [5, 5.41) is 6.66. The summed E-state index contributed by atoms with van der Waals surface area (Å²) < 4.78 is 15.9. The third-order valence-electron chi connectivity index (χ3n) is 4.71. The molecule has 0 saturated carbocycles. The Morgan fingerprint density at radius 2 is 1.76 bits per heavy atom. The number of carbonyl (C=O) groups excluding carboxylic acids is 2. The van der Waals surface area contributed by atoms with Gasteiger partial charge >= 0.3 is 0 Å². The fourth-order valence-electron chi connectivity index (χ4n) is 3.06. The topological polar surface area (TPSA) is 98.2 Å². The van der Waals surface area contributed by atoms with Gasteiger partial charge in [-0.15, -0.1) is 0 Å². The zero-order valence-corrected chi connectivity index (χ0v) is 17.8. The van der Waals surface area contributed by atoms with Gasteiger partial charge in [0, 0.05) is 5.56 Å². The van der Waals surface area contributed by atoms with Crippen molar-refractivity contribution in [1.29, 1.82) is 0 Å². The summed E-state index contributed by atoms with van der Waals surface area (Å²) in [5.74, 6) is 0.845. The molecular weight excluding hydrogens is 422 g/mol. The van der Waals surface area contributed by atoms with Crippen molar-refractivity contribution >= 4 is 24.1 Å². The van der Waals surface area contributed by atoms with Gasteiger partial charge < -0.3 is 19.5 Å². The number of fused-ring (bicyclic) bond motifs is 1. The third kappa shape index (κ3) is 5.56. The number of nitrogens with zero attached hydrogens (tertiary/aromatic N) is 1. The number of hydrazone groups is 1. The van der Waals surface area contributed by atoms with Crippen LogP contribution in [-0.2, 0) is 4.79 Å². The van der Waals surface area contributed by atoms with Gasteiger partial charge in [-0.1, -0.05) is 36.4 Å². The van der Waals surface area contributed by atoms with Crippen molar-refractivity contribution in [2.75, 3.05) is 13.9 Å². The van der Waals surface area contributed by atoms with Crippen LogP contribution in [-0.4, -0.2) is 31.9 Å². The number of rotatable bonds is 7. The van der Waals surface area contributed by atoms with E-state index >= 15 is 0 Å². The second-order valence-electron chi connectivity index (χ2n) is 6.97. The molecule has 3 aromatic rings. The van der Waals surface area contributed by atoms with E-state index in [-0.39, 0.29) is 12.5 Å². The maximum Gasteiger partial charge on any atom is 0.287 e. The molecule has 0 spiro atoms. The van der Waals surface area contributed by atoms with Crippen LogP contribution in [0.25, 0.3) is 6.08 Å². The summed E-state index contributed by atoms with van der Waals surface area (Å²) in [6.45, 7) is 0.138. The molecule has 0 radical (unpaired) electrons. The summed E-state index contributed by atoms with van der Waals surface area (Å²) in [7, 11) is 1.57. The lowest BCUT2D eigenvalue weighted by molar-refractivity contribution is -0.117. The molecule has 166 valence electrons. The minimum Gasteiger partial charge on any atom is -0.497 e. The largest absolute Gasteiger partial charge is 0.497 e. The third-order valence-corrected chi connectivity index (χ3v) is 4.71. The van der Waals surface area contributed by atoms with Crippen molar-refractivity contribution in [3.8, 4) is 17.2 Å². The molecule has 8 nitrogen and oxygen atoms in total. The van der Waals surface area contributed by atoms with Gasteiger partial charge in [-0.2, -0.15) is 5.10 Å². The molecule has 4 rings (SSSR count). The molecule has 0 aromatic heterocycles. The Bertz CT molecular complexity index is 1220. The van der Waals surface area contributed by atoms with Crippen molar-refractivity contribution in [3.05, 3.63) is 95.2 Å². The molecule has 1 aliphatic heterocycles. The Morgan fingerprint density at radius 3 is 2.58 bits per heavy atom. The molecule has 0 saturated heterocycles. The van der Waals surface area contributed by atoms with Crippen LogP contribution < -0.4 is 25.0 Å². The number of hydrogen-bond acceptors (Lipinski definition) is 6. The van der Waals surface area contributed by atoms with Gasteiger partial charge in [-0.05, 0) is 53.6 Å². The SMILES string of the molecule is COc1cccc(/C=N\NC(=O)/C(=C\c2ccc3c(c2)OCO3)NC(=O)c2ccccc2)c1.